The monoisotopic (exact) mass is 463 g/mol. The maximum absolute atomic E-state index is 13.1. The van der Waals surface area contributed by atoms with Crippen LogP contribution in [0.3, 0.4) is 0 Å². The molecule has 3 aromatic rings. The molecule has 0 atom stereocenters. The number of nitrogens with zero attached hydrogens (tertiary/aromatic N) is 2. The summed E-state index contributed by atoms with van der Waals surface area (Å²) in [6.45, 7) is 1.85. The van der Waals surface area contributed by atoms with Crippen molar-refractivity contribution in [2.24, 2.45) is 0 Å². The summed E-state index contributed by atoms with van der Waals surface area (Å²) in [4.78, 5) is 18.7. The van der Waals surface area contributed by atoms with Crippen molar-refractivity contribution in [3.63, 3.8) is 0 Å². The van der Waals surface area contributed by atoms with E-state index in [2.05, 4.69) is 17.1 Å². The molecule has 2 aliphatic heterocycles. The van der Waals surface area contributed by atoms with Crippen molar-refractivity contribution in [2.75, 3.05) is 24.5 Å². The first-order chi connectivity index (χ1) is 16.0. The third-order valence-electron chi connectivity index (χ3n) is 6.61. The molecule has 33 heavy (non-hydrogen) atoms. The molecule has 2 aromatic carbocycles. The summed E-state index contributed by atoms with van der Waals surface area (Å²) in [5.41, 5.74) is 5.00. The van der Waals surface area contributed by atoms with Gasteiger partial charge in [-0.3, -0.25) is 4.79 Å². The molecule has 0 radical (unpaired) electrons. The summed E-state index contributed by atoms with van der Waals surface area (Å²) in [5.74, 6) is 0.0713. The molecular weight excluding hydrogens is 434 g/mol. The van der Waals surface area contributed by atoms with E-state index < -0.39 is 10.0 Å². The van der Waals surface area contributed by atoms with E-state index in [-0.39, 0.29) is 5.91 Å². The van der Waals surface area contributed by atoms with Gasteiger partial charge in [0.2, 0.25) is 15.9 Å². The second-order valence-corrected chi connectivity index (χ2v) is 10.8. The van der Waals surface area contributed by atoms with Crippen molar-refractivity contribution in [1.29, 1.82) is 0 Å². The van der Waals surface area contributed by atoms with Crippen molar-refractivity contribution in [3.05, 3.63) is 71.9 Å². The van der Waals surface area contributed by atoms with Crippen LogP contribution in [0.4, 0.5) is 5.69 Å². The molecule has 0 spiro atoms. The highest BCUT2D eigenvalue weighted by Gasteiger charge is 2.29. The van der Waals surface area contributed by atoms with Gasteiger partial charge in [0.05, 0.1) is 4.90 Å². The van der Waals surface area contributed by atoms with Crippen LogP contribution in [0.15, 0.2) is 65.6 Å². The van der Waals surface area contributed by atoms with Crippen LogP contribution in [0.25, 0.3) is 11.3 Å². The molecular formula is C26H29N3O3S. The van der Waals surface area contributed by atoms with Crippen molar-refractivity contribution < 1.29 is 13.2 Å². The average Bonchev–Trinajstić information content (AvgIpc) is 3.55. The van der Waals surface area contributed by atoms with Crippen LogP contribution < -0.4 is 4.90 Å². The number of aromatic nitrogens is 1. The molecule has 0 unspecified atom stereocenters. The zero-order valence-electron chi connectivity index (χ0n) is 18.7. The maximum atomic E-state index is 13.1. The summed E-state index contributed by atoms with van der Waals surface area (Å²) in [5, 5.41) is 0. The molecule has 3 heterocycles. The van der Waals surface area contributed by atoms with Gasteiger partial charge < -0.3 is 9.88 Å². The number of aryl methyl sites for hydroxylation is 2. The van der Waals surface area contributed by atoms with Crippen LogP contribution in [0.5, 0.6) is 0 Å². The summed E-state index contributed by atoms with van der Waals surface area (Å²) in [7, 11) is -3.45. The second kappa shape index (κ2) is 9.15. The minimum atomic E-state index is -3.45. The Morgan fingerprint density at radius 1 is 0.909 bits per heavy atom. The molecule has 2 aliphatic rings. The van der Waals surface area contributed by atoms with Crippen LogP contribution in [-0.4, -0.2) is 43.2 Å². The van der Waals surface area contributed by atoms with Gasteiger partial charge in [-0.1, -0.05) is 30.3 Å². The number of nitrogens with one attached hydrogen (secondary N) is 1. The number of carbonyl (C=O) groups excluding carboxylic acids is 1. The molecule has 7 heteroatoms. The summed E-state index contributed by atoms with van der Waals surface area (Å²) >= 11 is 0. The Labute approximate surface area is 195 Å². The number of hydrogen-bond acceptors (Lipinski definition) is 3. The molecule has 6 nitrogen and oxygen atoms in total. The zero-order valence-corrected chi connectivity index (χ0v) is 19.5. The molecule has 0 bridgehead atoms. The van der Waals surface area contributed by atoms with Crippen LogP contribution >= 0.6 is 0 Å². The lowest BCUT2D eigenvalue weighted by Gasteiger charge is -2.30. The summed E-state index contributed by atoms with van der Waals surface area (Å²) < 4.78 is 27.5. The van der Waals surface area contributed by atoms with Gasteiger partial charge in [0.25, 0.3) is 0 Å². The number of fused-ring (bicyclic) bond motifs is 1. The number of aromatic amines is 1. The highest BCUT2D eigenvalue weighted by Crippen LogP contribution is 2.32. The lowest BCUT2D eigenvalue weighted by Crippen LogP contribution is -2.36. The van der Waals surface area contributed by atoms with E-state index in [1.807, 2.05) is 41.3 Å². The second-order valence-electron chi connectivity index (χ2n) is 8.81. The number of anilines is 1. The molecule has 172 valence electrons. The quantitative estimate of drug-likeness (QED) is 0.590. The highest BCUT2D eigenvalue weighted by atomic mass is 32.2. The Bertz CT molecular complexity index is 1240. The third kappa shape index (κ3) is 4.48. The van der Waals surface area contributed by atoms with Crippen molar-refractivity contribution in [1.82, 2.24) is 9.29 Å². The first-order valence-corrected chi connectivity index (χ1v) is 13.1. The number of H-pyrrole nitrogens is 1. The van der Waals surface area contributed by atoms with Gasteiger partial charge in [0, 0.05) is 43.1 Å². The van der Waals surface area contributed by atoms with Crippen molar-refractivity contribution >= 4 is 21.6 Å². The zero-order chi connectivity index (χ0) is 22.8. The van der Waals surface area contributed by atoms with Gasteiger partial charge in [0.1, 0.15) is 0 Å². The fourth-order valence-corrected chi connectivity index (χ4v) is 6.39. The largest absolute Gasteiger partial charge is 0.358 e. The molecule has 1 saturated heterocycles. The van der Waals surface area contributed by atoms with Crippen LogP contribution in [0.1, 0.15) is 36.9 Å². The van der Waals surface area contributed by atoms with E-state index >= 15 is 0 Å². The van der Waals surface area contributed by atoms with Gasteiger partial charge in [-0.05, 0) is 73.6 Å². The molecule has 0 aliphatic carbocycles. The Morgan fingerprint density at radius 3 is 2.48 bits per heavy atom. The lowest BCUT2D eigenvalue weighted by molar-refractivity contribution is -0.118. The SMILES string of the molecule is O=C(CCc1ccc(-c2ccccc2)[nH]1)N1CCCc2cc(S(=O)(=O)N3CCCC3)ccc21. The number of sulfonamides is 1. The average molecular weight is 464 g/mol. The van der Waals surface area contributed by atoms with Gasteiger partial charge in [-0.2, -0.15) is 4.31 Å². The molecule has 5 rings (SSSR count). The van der Waals surface area contributed by atoms with Crippen LogP contribution in [-0.2, 0) is 27.7 Å². The predicted molar refractivity (Wildman–Crippen MR) is 130 cm³/mol. The number of hydrogen-bond donors (Lipinski definition) is 1. The third-order valence-corrected chi connectivity index (χ3v) is 8.51. The van der Waals surface area contributed by atoms with E-state index in [0.29, 0.717) is 37.4 Å². The minimum absolute atomic E-state index is 0.0713. The van der Waals surface area contributed by atoms with E-state index in [1.54, 1.807) is 16.4 Å². The summed E-state index contributed by atoms with van der Waals surface area (Å²) in [6.07, 6.45) is 4.51. The number of amides is 1. The topological polar surface area (TPSA) is 73.5 Å². The van der Waals surface area contributed by atoms with Gasteiger partial charge in [-0.25, -0.2) is 8.42 Å². The molecule has 0 saturated carbocycles. The maximum Gasteiger partial charge on any atom is 0.243 e. The molecule has 1 aromatic heterocycles. The van der Waals surface area contributed by atoms with Gasteiger partial charge >= 0.3 is 0 Å². The highest BCUT2D eigenvalue weighted by molar-refractivity contribution is 7.89. The summed E-state index contributed by atoms with van der Waals surface area (Å²) in [6, 6.07) is 19.5. The first kappa shape index (κ1) is 21.9. The van der Waals surface area contributed by atoms with E-state index in [0.717, 1.165) is 53.9 Å². The first-order valence-electron chi connectivity index (χ1n) is 11.7. The number of rotatable bonds is 6. The van der Waals surface area contributed by atoms with Crippen molar-refractivity contribution in [2.45, 2.75) is 43.4 Å². The number of carbonyl (C=O) groups is 1. The fraction of sp³-hybridized carbons (Fsp3) is 0.346. The molecule has 1 amide bonds. The Kier molecular flexibility index (Phi) is 6.08. The standard InChI is InChI=1S/C26H29N3O3S/c30-26(15-11-22-10-13-24(27-22)20-7-2-1-3-8-20)29-18-6-9-21-19-23(12-14-25(21)29)33(31,32)28-16-4-5-17-28/h1-3,7-8,10,12-14,19,27H,4-6,9,11,15-18H2. The van der Waals surface area contributed by atoms with Gasteiger partial charge in [-0.15, -0.1) is 0 Å². The molecule has 1 N–H and O–H groups in total. The normalized spacial score (nSPS) is 16.7. The predicted octanol–water partition coefficient (Wildman–Crippen LogP) is 4.38. The lowest BCUT2D eigenvalue weighted by atomic mass is 10.0. The van der Waals surface area contributed by atoms with E-state index in [4.69, 9.17) is 0 Å². The Morgan fingerprint density at radius 2 is 1.70 bits per heavy atom. The smallest absolute Gasteiger partial charge is 0.243 e. The molecule has 1 fully saturated rings. The van der Waals surface area contributed by atoms with Crippen molar-refractivity contribution in [3.8, 4) is 11.3 Å². The van der Waals surface area contributed by atoms with Gasteiger partial charge in [0.15, 0.2) is 0 Å². The Hall–Kier alpha value is -2.90. The van der Waals surface area contributed by atoms with Crippen LogP contribution in [0, 0.1) is 0 Å². The van der Waals surface area contributed by atoms with E-state index in [1.165, 1.54) is 0 Å². The van der Waals surface area contributed by atoms with Crippen LogP contribution in [0.2, 0.25) is 0 Å². The number of benzene rings is 2. The Balaban J connectivity index is 1.28. The fourth-order valence-electron chi connectivity index (χ4n) is 4.82. The van der Waals surface area contributed by atoms with E-state index in [9.17, 15) is 13.2 Å². The minimum Gasteiger partial charge on any atom is -0.358 e.